The van der Waals surface area contributed by atoms with Gasteiger partial charge in [-0.1, -0.05) is 19.9 Å². The van der Waals surface area contributed by atoms with E-state index in [2.05, 4.69) is 0 Å². The topological polar surface area (TPSA) is 0 Å². The summed E-state index contributed by atoms with van der Waals surface area (Å²) in [5.74, 6) is -0.156. The van der Waals surface area contributed by atoms with E-state index in [1.54, 1.807) is 13.8 Å². The second-order valence-electron chi connectivity index (χ2n) is 2.37. The Kier molecular flexibility index (Phi) is 8.26. The fourth-order valence-electron chi connectivity index (χ4n) is 0.428. The van der Waals surface area contributed by atoms with E-state index < -0.39 is 11.9 Å². The van der Waals surface area contributed by atoms with Gasteiger partial charge in [0.15, 0.2) is 0 Å². The van der Waals surface area contributed by atoms with Gasteiger partial charge < -0.3 is 12.9 Å². The van der Waals surface area contributed by atoms with Gasteiger partial charge >= 0.3 is 58.4 Å². The Morgan fingerprint density at radius 2 is 1.73 bits per heavy atom. The van der Waals surface area contributed by atoms with Crippen LogP contribution in [0.5, 0.6) is 0 Å². The smallest absolute Gasteiger partial charge is 0.444 e. The van der Waals surface area contributed by atoms with Crippen molar-refractivity contribution in [3.63, 3.8) is 0 Å². The summed E-state index contributed by atoms with van der Waals surface area (Å²) >= 11 is 4.92. The Labute approximate surface area is 112 Å². The minimum absolute atomic E-state index is 0. The summed E-state index contributed by atoms with van der Waals surface area (Å²) in [5, 5.41) is 0. The van der Waals surface area contributed by atoms with E-state index in [1.165, 1.54) is 0 Å². The van der Waals surface area contributed by atoms with Crippen molar-refractivity contribution < 1.29 is 64.3 Å². The Bertz CT molecular complexity index is 143. The van der Waals surface area contributed by atoms with Crippen LogP contribution in [0.2, 0.25) is 0 Å². The summed E-state index contributed by atoms with van der Waals surface area (Å²) in [5.41, 5.74) is 0. The van der Waals surface area contributed by atoms with Gasteiger partial charge in [-0.3, -0.25) is 0 Å². The van der Waals surface area contributed by atoms with Crippen LogP contribution in [0.3, 0.4) is 0 Å². The van der Waals surface area contributed by atoms with Gasteiger partial charge in [-0.2, -0.15) is 0 Å². The van der Waals surface area contributed by atoms with E-state index in [9.17, 15) is 12.9 Å². The quantitative estimate of drug-likeness (QED) is 0.570. The average Bonchev–Trinajstić information content (AvgIpc) is 1.60. The van der Waals surface area contributed by atoms with Gasteiger partial charge in [0.25, 0.3) is 0 Å². The molecule has 0 heterocycles. The molecule has 60 valence electrons. The van der Waals surface area contributed by atoms with Crippen molar-refractivity contribution >= 4 is 18.6 Å². The van der Waals surface area contributed by atoms with Gasteiger partial charge in [0, 0.05) is 0 Å². The van der Waals surface area contributed by atoms with Crippen LogP contribution >= 0.6 is 11.6 Å². The fraction of sp³-hybridized carbons (Fsp3) is 0.600. The Morgan fingerprint density at radius 3 is 1.82 bits per heavy atom. The van der Waals surface area contributed by atoms with Gasteiger partial charge in [-0.25, -0.2) is 0 Å². The molecule has 0 saturated carbocycles. The Hall–Kier alpha value is 1.52. The maximum Gasteiger partial charge on any atom is 1.00 e. The maximum absolute atomic E-state index is 11.7. The second kappa shape index (κ2) is 6.05. The van der Waals surface area contributed by atoms with Crippen molar-refractivity contribution in [3.8, 4) is 0 Å². The van der Waals surface area contributed by atoms with E-state index in [-0.39, 0.29) is 57.3 Å². The molecule has 0 saturated heterocycles. The zero-order valence-electron chi connectivity index (χ0n) is 6.74. The number of allylic oxidation sites excluding steroid dienone is 1. The van der Waals surface area contributed by atoms with Crippen LogP contribution in [0.25, 0.3) is 0 Å². The molecule has 0 spiro atoms. The van der Waals surface area contributed by atoms with Crippen molar-refractivity contribution in [2.75, 3.05) is 0 Å². The van der Waals surface area contributed by atoms with Crippen LogP contribution in [0.15, 0.2) is 11.0 Å². The van der Waals surface area contributed by atoms with Crippen molar-refractivity contribution in [1.29, 1.82) is 0 Å². The molecule has 0 aliphatic carbocycles. The molecule has 11 heavy (non-hydrogen) atoms. The molecular weight excluding hydrogens is 202 g/mol. The number of halogens is 4. The summed E-state index contributed by atoms with van der Waals surface area (Å²) in [6.07, 6.45) is 1.00. The number of hydrogen-bond donors (Lipinski definition) is 0. The fourth-order valence-corrected chi connectivity index (χ4v) is 0.680. The Morgan fingerprint density at radius 1 is 1.36 bits per heavy atom. The maximum atomic E-state index is 11.7. The number of rotatable bonds is 2. The van der Waals surface area contributed by atoms with Crippen LogP contribution in [0, 0.1) is 5.92 Å². The zero-order chi connectivity index (χ0) is 8.36. The summed E-state index contributed by atoms with van der Waals surface area (Å²) in [7, 11) is 0. The van der Waals surface area contributed by atoms with Crippen LogP contribution < -0.4 is 51.4 Å². The van der Waals surface area contributed by atoms with E-state index >= 15 is 0 Å². The first-order chi connectivity index (χ1) is 4.34. The van der Waals surface area contributed by atoms with E-state index in [0.29, 0.717) is 0 Å². The van der Waals surface area contributed by atoms with Gasteiger partial charge in [-0.05, 0) is 10.8 Å². The van der Waals surface area contributed by atoms with E-state index in [1.807, 2.05) is 0 Å². The molecule has 0 bridgehead atoms. The molecule has 0 aliphatic heterocycles. The molecule has 0 amide bonds. The molecule has 0 aromatic rings. The first-order valence-electron chi connectivity index (χ1n) is 2.91. The predicted molar refractivity (Wildman–Crippen MR) is 37.9 cm³/mol. The van der Waals surface area contributed by atoms with Crippen molar-refractivity contribution in [3.05, 3.63) is 11.0 Å². The minimum Gasteiger partial charge on any atom is -0.444 e. The van der Waals surface area contributed by atoms with Crippen molar-refractivity contribution in [2.45, 2.75) is 13.8 Å². The third-order valence-corrected chi connectivity index (χ3v) is 1.18. The van der Waals surface area contributed by atoms with Crippen LogP contribution in [0.4, 0.5) is 12.9 Å². The summed E-state index contributed by atoms with van der Waals surface area (Å²) in [6.45, 7) is -1.69. The third kappa shape index (κ3) is 7.87. The predicted octanol–water partition coefficient (Wildman–Crippen LogP) is 0.156. The standard InChI is InChI=1S/C5H8BClF3.K/c1-4(2)3-5(7)6(8,9)10;/h3-4H,1-2H3;/q-1;+1/b5-3-;. The molecule has 0 aromatic carbocycles. The van der Waals surface area contributed by atoms with Gasteiger partial charge in [-0.15, -0.1) is 11.6 Å². The molecule has 0 aromatic heterocycles. The number of hydrogen-bond acceptors (Lipinski definition) is 0. The first kappa shape index (κ1) is 15.0. The van der Waals surface area contributed by atoms with Crippen LogP contribution in [-0.4, -0.2) is 6.98 Å². The first-order valence-corrected chi connectivity index (χ1v) is 3.29. The molecule has 0 atom stereocenters. The largest absolute Gasteiger partial charge is 1.00 e. The van der Waals surface area contributed by atoms with Crippen LogP contribution in [0.1, 0.15) is 13.8 Å². The average molecular weight is 210 g/mol. The normalized spacial score (nSPS) is 13.2. The molecule has 0 nitrogen and oxygen atoms in total. The monoisotopic (exact) mass is 210 g/mol. The molecule has 0 rings (SSSR count). The van der Waals surface area contributed by atoms with Gasteiger partial charge in [0.1, 0.15) is 0 Å². The molecule has 0 aliphatic rings. The van der Waals surface area contributed by atoms with E-state index in [0.717, 1.165) is 6.08 Å². The summed E-state index contributed by atoms with van der Waals surface area (Å²) < 4.78 is 35.0. The van der Waals surface area contributed by atoms with E-state index in [4.69, 9.17) is 11.6 Å². The molecule has 0 fully saturated rings. The van der Waals surface area contributed by atoms with Crippen molar-refractivity contribution in [1.82, 2.24) is 0 Å². The molecule has 0 unspecified atom stereocenters. The van der Waals surface area contributed by atoms with Crippen LogP contribution in [-0.2, 0) is 0 Å². The molecule has 0 N–H and O–H groups in total. The molecule has 6 heteroatoms. The van der Waals surface area contributed by atoms with Gasteiger partial charge in [0.2, 0.25) is 0 Å². The minimum atomic E-state index is -4.97. The van der Waals surface area contributed by atoms with Gasteiger partial charge in [0.05, 0.1) is 0 Å². The second-order valence-corrected chi connectivity index (χ2v) is 2.81. The zero-order valence-corrected chi connectivity index (χ0v) is 10.6. The summed E-state index contributed by atoms with van der Waals surface area (Å²) in [4.78, 5) is -0.977. The third-order valence-electron chi connectivity index (χ3n) is 0.805. The Balaban J connectivity index is 0. The summed E-state index contributed by atoms with van der Waals surface area (Å²) in [6, 6.07) is 0. The SMILES string of the molecule is CC(C)/C=C(\Cl)[B-](F)(F)F.[K+]. The van der Waals surface area contributed by atoms with Crippen molar-refractivity contribution in [2.24, 2.45) is 5.92 Å². The molecular formula is C5H8BClF3K. The molecule has 0 radical (unpaired) electrons.